The number of hydrogen-bond acceptors (Lipinski definition) is 5. The van der Waals surface area contributed by atoms with Crippen LogP contribution in [-0.2, 0) is 10.1 Å². The lowest BCUT2D eigenvalue weighted by molar-refractivity contribution is -0.384. The van der Waals surface area contributed by atoms with Crippen LogP contribution in [0.25, 0.3) is 0 Å². The molecule has 0 radical (unpaired) electrons. The molecule has 0 amide bonds. The number of non-ortho nitro benzene ring substituents is 1. The molecule has 2 aromatic carbocycles. The van der Waals surface area contributed by atoms with Crippen molar-refractivity contribution >= 4 is 27.2 Å². The van der Waals surface area contributed by atoms with Crippen LogP contribution >= 0.6 is 0 Å². The minimum Gasteiger partial charge on any atom is -0.354 e. The van der Waals surface area contributed by atoms with Gasteiger partial charge in [-0.2, -0.15) is 8.42 Å². The van der Waals surface area contributed by atoms with Gasteiger partial charge < -0.3 is 5.32 Å². The van der Waals surface area contributed by atoms with Gasteiger partial charge in [-0.3, -0.25) is 14.7 Å². The van der Waals surface area contributed by atoms with E-state index in [-0.39, 0.29) is 16.3 Å². The second kappa shape index (κ2) is 5.51. The molecular formula is C13H12N2O5S. The third kappa shape index (κ3) is 3.36. The van der Waals surface area contributed by atoms with Crippen LogP contribution in [0.3, 0.4) is 0 Å². The molecule has 0 saturated heterocycles. The number of nitrogens with zero attached hydrogens (tertiary/aromatic N) is 1. The highest BCUT2D eigenvalue weighted by molar-refractivity contribution is 7.86. The zero-order valence-electron chi connectivity index (χ0n) is 11.0. The van der Waals surface area contributed by atoms with Crippen LogP contribution in [0.15, 0.2) is 47.4 Å². The van der Waals surface area contributed by atoms with Crippen molar-refractivity contribution in [2.75, 3.05) is 5.32 Å². The molecule has 0 aliphatic carbocycles. The van der Waals surface area contributed by atoms with Crippen molar-refractivity contribution in [1.82, 2.24) is 0 Å². The lowest BCUT2D eigenvalue weighted by Crippen LogP contribution is -2.04. The van der Waals surface area contributed by atoms with E-state index in [1.165, 1.54) is 36.4 Å². The topological polar surface area (TPSA) is 110 Å². The SMILES string of the molecule is Cc1cc([N+](=O)[O-])ccc1Nc1ccccc1S(=O)(=O)O. The van der Waals surface area contributed by atoms with Gasteiger partial charge in [-0.1, -0.05) is 12.1 Å². The molecule has 0 unspecified atom stereocenters. The normalized spacial score (nSPS) is 11.1. The first kappa shape index (κ1) is 14.9. The van der Waals surface area contributed by atoms with E-state index in [1.54, 1.807) is 13.0 Å². The monoisotopic (exact) mass is 308 g/mol. The van der Waals surface area contributed by atoms with E-state index >= 15 is 0 Å². The summed E-state index contributed by atoms with van der Waals surface area (Å²) in [4.78, 5) is 9.91. The minimum atomic E-state index is -4.36. The van der Waals surface area contributed by atoms with E-state index in [0.717, 1.165) is 0 Å². The van der Waals surface area contributed by atoms with Crippen molar-refractivity contribution in [1.29, 1.82) is 0 Å². The van der Waals surface area contributed by atoms with Crippen LogP contribution in [0.2, 0.25) is 0 Å². The Labute approximate surface area is 121 Å². The summed E-state index contributed by atoms with van der Waals surface area (Å²) >= 11 is 0. The first-order chi connectivity index (χ1) is 9.79. The van der Waals surface area contributed by atoms with Gasteiger partial charge >= 0.3 is 0 Å². The Balaban J connectivity index is 2.42. The molecule has 7 nitrogen and oxygen atoms in total. The Morgan fingerprint density at radius 1 is 1.14 bits per heavy atom. The third-order valence-electron chi connectivity index (χ3n) is 2.86. The van der Waals surface area contributed by atoms with Gasteiger partial charge in [0.25, 0.3) is 15.8 Å². The number of nitro groups is 1. The first-order valence-electron chi connectivity index (χ1n) is 5.87. The van der Waals surface area contributed by atoms with Gasteiger partial charge in [-0.15, -0.1) is 0 Å². The lowest BCUT2D eigenvalue weighted by Gasteiger charge is -2.12. The van der Waals surface area contributed by atoms with Crippen LogP contribution in [0.5, 0.6) is 0 Å². The molecule has 2 aromatic rings. The van der Waals surface area contributed by atoms with Crippen LogP contribution in [0, 0.1) is 17.0 Å². The van der Waals surface area contributed by atoms with Gasteiger partial charge in [-0.05, 0) is 30.7 Å². The smallest absolute Gasteiger partial charge is 0.296 e. The maximum absolute atomic E-state index is 11.3. The van der Waals surface area contributed by atoms with Crippen LogP contribution in [0.4, 0.5) is 17.1 Å². The van der Waals surface area contributed by atoms with E-state index in [9.17, 15) is 23.1 Å². The average molecular weight is 308 g/mol. The molecule has 0 bridgehead atoms. The molecular weight excluding hydrogens is 296 g/mol. The Morgan fingerprint density at radius 2 is 1.81 bits per heavy atom. The van der Waals surface area contributed by atoms with Crippen LogP contribution < -0.4 is 5.32 Å². The van der Waals surface area contributed by atoms with Gasteiger partial charge in [0, 0.05) is 17.8 Å². The number of nitrogens with one attached hydrogen (secondary N) is 1. The summed E-state index contributed by atoms with van der Waals surface area (Å²) in [5.74, 6) is 0. The molecule has 8 heteroatoms. The van der Waals surface area contributed by atoms with Crippen molar-refractivity contribution in [3.63, 3.8) is 0 Å². The number of hydrogen-bond donors (Lipinski definition) is 2. The summed E-state index contributed by atoms with van der Waals surface area (Å²) in [6.07, 6.45) is 0. The molecule has 0 aliphatic rings. The van der Waals surface area contributed by atoms with Crippen molar-refractivity contribution in [3.8, 4) is 0 Å². The number of benzene rings is 2. The molecule has 21 heavy (non-hydrogen) atoms. The molecule has 0 heterocycles. The highest BCUT2D eigenvalue weighted by Crippen LogP contribution is 2.28. The summed E-state index contributed by atoms with van der Waals surface area (Å²) in [7, 11) is -4.36. The number of rotatable bonds is 4. The van der Waals surface area contributed by atoms with Crippen molar-refractivity contribution in [3.05, 3.63) is 58.1 Å². The molecule has 0 spiro atoms. The maximum atomic E-state index is 11.3. The van der Waals surface area contributed by atoms with E-state index < -0.39 is 15.0 Å². The predicted molar refractivity (Wildman–Crippen MR) is 77.4 cm³/mol. The fourth-order valence-corrected chi connectivity index (χ4v) is 2.49. The fourth-order valence-electron chi connectivity index (χ4n) is 1.84. The minimum absolute atomic E-state index is 0.0545. The summed E-state index contributed by atoms with van der Waals surface area (Å²) in [6.45, 7) is 1.66. The fraction of sp³-hybridized carbons (Fsp3) is 0.0769. The van der Waals surface area contributed by atoms with Gasteiger partial charge in [0.15, 0.2) is 0 Å². The standard InChI is InChI=1S/C13H12N2O5S/c1-9-8-10(15(16)17)6-7-11(9)14-12-4-2-3-5-13(12)21(18,19)20/h2-8,14H,1H3,(H,18,19,20). The predicted octanol–water partition coefficient (Wildman–Crippen LogP) is 2.89. The maximum Gasteiger partial charge on any atom is 0.296 e. The van der Waals surface area contributed by atoms with Crippen LogP contribution in [0.1, 0.15) is 5.56 Å². The number of anilines is 2. The van der Waals surface area contributed by atoms with E-state index in [2.05, 4.69) is 5.32 Å². The van der Waals surface area contributed by atoms with E-state index in [0.29, 0.717) is 11.3 Å². The summed E-state index contributed by atoms with van der Waals surface area (Å²) < 4.78 is 31.8. The average Bonchev–Trinajstić information content (AvgIpc) is 2.40. The number of aryl methyl sites for hydroxylation is 1. The lowest BCUT2D eigenvalue weighted by atomic mass is 10.1. The quantitative estimate of drug-likeness (QED) is 0.510. The Kier molecular flexibility index (Phi) is 3.92. The highest BCUT2D eigenvalue weighted by atomic mass is 32.2. The zero-order valence-corrected chi connectivity index (χ0v) is 11.8. The summed E-state index contributed by atoms with van der Waals surface area (Å²) in [5, 5.41) is 13.5. The van der Waals surface area contributed by atoms with Crippen LogP contribution in [-0.4, -0.2) is 17.9 Å². The zero-order chi connectivity index (χ0) is 15.6. The Morgan fingerprint density at radius 3 is 2.38 bits per heavy atom. The largest absolute Gasteiger partial charge is 0.354 e. The number of nitro benzene ring substituents is 1. The molecule has 0 aromatic heterocycles. The Bertz CT molecular complexity index is 802. The molecule has 0 atom stereocenters. The van der Waals surface area contributed by atoms with Gasteiger partial charge in [0.1, 0.15) is 4.90 Å². The second-order valence-corrected chi connectivity index (χ2v) is 5.74. The number of para-hydroxylation sites is 1. The highest BCUT2D eigenvalue weighted by Gasteiger charge is 2.16. The molecule has 2 rings (SSSR count). The molecule has 0 saturated carbocycles. The van der Waals surface area contributed by atoms with Gasteiger partial charge in [0.2, 0.25) is 0 Å². The second-order valence-electron chi connectivity index (χ2n) is 4.35. The molecule has 110 valence electrons. The summed E-state index contributed by atoms with van der Waals surface area (Å²) in [5.41, 5.74) is 1.23. The molecule has 0 fully saturated rings. The van der Waals surface area contributed by atoms with Crippen molar-refractivity contribution in [2.45, 2.75) is 11.8 Å². The van der Waals surface area contributed by atoms with Crippen molar-refractivity contribution in [2.24, 2.45) is 0 Å². The summed E-state index contributed by atoms with van der Waals surface area (Å²) in [6, 6.07) is 10.0. The van der Waals surface area contributed by atoms with Gasteiger partial charge in [0.05, 0.1) is 10.6 Å². The molecule has 2 N–H and O–H groups in total. The Hall–Kier alpha value is -2.45. The third-order valence-corrected chi connectivity index (χ3v) is 3.77. The molecule has 0 aliphatic heterocycles. The first-order valence-corrected chi connectivity index (χ1v) is 7.31. The van der Waals surface area contributed by atoms with Gasteiger partial charge in [-0.25, -0.2) is 0 Å². The van der Waals surface area contributed by atoms with Crippen molar-refractivity contribution < 1.29 is 17.9 Å². The van der Waals surface area contributed by atoms with E-state index in [4.69, 9.17) is 0 Å². The van der Waals surface area contributed by atoms with E-state index in [1.807, 2.05) is 0 Å².